The van der Waals surface area contributed by atoms with Gasteiger partial charge in [0.25, 0.3) is 15.6 Å². The second-order valence-corrected chi connectivity index (χ2v) is 14.1. The molecule has 17 nitrogen and oxygen atoms in total. The normalized spacial score (nSPS) is 22.3. The fraction of sp³-hybridized carbons (Fsp3) is 0.292. The fourth-order valence-corrected chi connectivity index (χ4v) is 7.91. The van der Waals surface area contributed by atoms with Crippen LogP contribution in [0.25, 0.3) is 0 Å². The molecule has 1 aromatic heterocycles. The third-order valence-corrected chi connectivity index (χ3v) is 10.4. The number of rotatable bonds is 13. The van der Waals surface area contributed by atoms with Crippen LogP contribution in [-0.2, 0) is 49.1 Å². The molecule has 0 aliphatic carbocycles. The van der Waals surface area contributed by atoms with Crippen molar-refractivity contribution in [3.05, 3.63) is 94.5 Å². The molecule has 0 radical (unpaired) electrons. The molecule has 6 atom stereocenters. The number of carbonyl (C=O) groups excluding carboxylic acids is 1. The van der Waals surface area contributed by atoms with E-state index in [1.54, 1.807) is 36.4 Å². The summed E-state index contributed by atoms with van der Waals surface area (Å²) in [6.07, 6.45) is -4.68. The van der Waals surface area contributed by atoms with Gasteiger partial charge in [0.1, 0.15) is 32.4 Å². The molecule has 1 saturated heterocycles. The molecule has 3 unspecified atom stereocenters. The standard InChI is InChI=1S/C24H28N3O14P3/c28-19-13-22(27-12-11-21(25-23(27)29)26-24(30)37-14-17-7-3-1-4-8-17)39-20(19)15-38-43(33,34)41-44(35,36)40-42(31,32)16-18-9-5-2-6-10-18/h1-12,19-20,22,28H,13-16H2,(H,31,32)(H,33,34)(H,35,36)(H,25,26,29,30)/p-3/t19-,20-,22-/m1/s1. The van der Waals surface area contributed by atoms with Crippen LogP contribution in [-0.4, -0.2) is 39.6 Å². The lowest BCUT2D eigenvalue weighted by molar-refractivity contribution is -0.246. The van der Waals surface area contributed by atoms with E-state index < -0.39 is 66.2 Å². The molecule has 2 N–H and O–H groups in total. The molecule has 3 aromatic rings. The molecule has 1 fully saturated rings. The summed E-state index contributed by atoms with van der Waals surface area (Å²) < 4.78 is 59.9. The summed E-state index contributed by atoms with van der Waals surface area (Å²) in [5.74, 6) is -0.136. The number of aliphatic hydroxyl groups is 1. The van der Waals surface area contributed by atoms with Crippen LogP contribution in [0.3, 0.4) is 0 Å². The van der Waals surface area contributed by atoms with Crippen molar-refractivity contribution in [1.29, 1.82) is 0 Å². The molecular formula is C24H25N3O14P3-3. The minimum absolute atomic E-state index is 0.0184. The highest BCUT2D eigenvalue weighted by Crippen LogP contribution is 2.63. The molecule has 4 rings (SSSR count). The summed E-state index contributed by atoms with van der Waals surface area (Å²) in [6, 6.07) is 17.5. The van der Waals surface area contributed by atoms with Crippen LogP contribution >= 0.6 is 23.2 Å². The molecular weight excluding hydrogens is 647 g/mol. The van der Waals surface area contributed by atoms with E-state index in [0.717, 1.165) is 10.1 Å². The first-order valence-electron chi connectivity index (χ1n) is 12.6. The van der Waals surface area contributed by atoms with Gasteiger partial charge in [-0.1, -0.05) is 60.7 Å². The molecule has 2 heterocycles. The van der Waals surface area contributed by atoms with Crippen LogP contribution in [0.15, 0.2) is 77.7 Å². The van der Waals surface area contributed by atoms with Crippen LogP contribution < -0.4 is 25.7 Å². The minimum Gasteiger partial charge on any atom is -0.778 e. The Balaban J connectivity index is 1.28. The lowest BCUT2D eigenvalue weighted by Crippen LogP contribution is -2.29. The minimum atomic E-state index is -5.97. The number of phosphoric acid groups is 2. The number of carbonyl (C=O) groups is 1. The van der Waals surface area contributed by atoms with Crippen molar-refractivity contribution in [2.75, 3.05) is 11.9 Å². The highest BCUT2D eigenvalue weighted by molar-refractivity contribution is 7.66. The molecule has 44 heavy (non-hydrogen) atoms. The van der Waals surface area contributed by atoms with Crippen LogP contribution in [0.2, 0.25) is 0 Å². The highest BCUT2D eigenvalue weighted by atomic mass is 31.3. The fourth-order valence-electron chi connectivity index (χ4n) is 3.92. The number of amides is 1. The molecule has 1 aliphatic heterocycles. The zero-order chi connectivity index (χ0) is 32.0. The number of phosphoric ester groups is 1. The van der Waals surface area contributed by atoms with Crippen molar-refractivity contribution < 1.29 is 60.9 Å². The molecule has 2 aromatic carbocycles. The van der Waals surface area contributed by atoms with Crippen LogP contribution in [0.1, 0.15) is 23.8 Å². The monoisotopic (exact) mass is 672 g/mol. The summed E-state index contributed by atoms with van der Waals surface area (Å²) in [5, 5.41) is 12.6. The highest BCUT2D eigenvalue weighted by Gasteiger charge is 2.37. The van der Waals surface area contributed by atoms with Crippen molar-refractivity contribution in [2.24, 2.45) is 0 Å². The Morgan fingerprint density at radius 3 is 2.25 bits per heavy atom. The van der Waals surface area contributed by atoms with Gasteiger partial charge in [0.05, 0.1) is 12.7 Å². The molecule has 1 amide bonds. The lowest BCUT2D eigenvalue weighted by Gasteiger charge is -2.35. The molecule has 0 saturated carbocycles. The molecule has 0 bridgehead atoms. The number of ether oxygens (including phenoxy) is 2. The molecule has 0 spiro atoms. The second kappa shape index (κ2) is 14.4. The van der Waals surface area contributed by atoms with Gasteiger partial charge in [0, 0.05) is 18.8 Å². The number of nitrogens with zero attached hydrogens (tertiary/aromatic N) is 2. The Kier molecular flexibility index (Phi) is 11.1. The largest absolute Gasteiger partial charge is 0.778 e. The number of aromatic nitrogens is 2. The van der Waals surface area contributed by atoms with Gasteiger partial charge >= 0.3 is 11.8 Å². The Labute approximate surface area is 249 Å². The number of anilines is 1. The van der Waals surface area contributed by atoms with Gasteiger partial charge in [-0.15, -0.1) is 0 Å². The van der Waals surface area contributed by atoms with Gasteiger partial charge in [-0.2, -0.15) is 4.98 Å². The maximum absolute atomic E-state index is 12.5. The van der Waals surface area contributed by atoms with E-state index >= 15 is 0 Å². The van der Waals surface area contributed by atoms with Crippen molar-refractivity contribution in [3.63, 3.8) is 0 Å². The van der Waals surface area contributed by atoms with E-state index in [0.29, 0.717) is 0 Å². The first-order chi connectivity index (χ1) is 20.7. The summed E-state index contributed by atoms with van der Waals surface area (Å²) in [5.41, 5.74) is 0.0178. The number of benzene rings is 2. The van der Waals surface area contributed by atoms with E-state index in [4.69, 9.17) is 9.47 Å². The second-order valence-electron chi connectivity index (χ2n) is 9.23. The predicted molar refractivity (Wildman–Crippen MR) is 144 cm³/mol. The zero-order valence-corrected chi connectivity index (χ0v) is 25.2. The topological polar surface area (TPSA) is 251 Å². The van der Waals surface area contributed by atoms with E-state index in [1.165, 1.54) is 36.5 Å². The van der Waals surface area contributed by atoms with E-state index in [2.05, 4.69) is 23.4 Å². The van der Waals surface area contributed by atoms with Gasteiger partial charge < -0.3 is 38.3 Å². The third-order valence-electron chi connectivity index (χ3n) is 5.83. The van der Waals surface area contributed by atoms with E-state index in [1.807, 2.05) is 0 Å². The first kappa shape index (κ1) is 33.8. The van der Waals surface area contributed by atoms with Gasteiger partial charge in [-0.3, -0.25) is 23.3 Å². The molecule has 20 heteroatoms. The van der Waals surface area contributed by atoms with Gasteiger partial charge in [-0.25, -0.2) is 13.9 Å². The van der Waals surface area contributed by atoms with Crippen molar-refractivity contribution in [1.82, 2.24) is 9.55 Å². The Bertz CT molecular complexity index is 1640. The average Bonchev–Trinajstić information content (AvgIpc) is 3.30. The molecule has 1 aliphatic rings. The first-order valence-corrected chi connectivity index (χ1v) is 17.3. The van der Waals surface area contributed by atoms with E-state index in [9.17, 15) is 43.1 Å². The number of nitrogens with one attached hydrogen (secondary N) is 1. The number of hydrogen-bond donors (Lipinski definition) is 2. The van der Waals surface area contributed by atoms with Gasteiger partial charge in [0.15, 0.2) is 0 Å². The maximum atomic E-state index is 12.5. The number of hydrogen-bond acceptors (Lipinski definition) is 15. The van der Waals surface area contributed by atoms with E-state index in [-0.39, 0.29) is 24.4 Å². The SMILES string of the molecule is O=C(Nc1ccn([C@H]2C[C@@H](O)[C@@H](COP(=O)([O-])OP(=O)([O-])OP(=O)([O-])Cc3ccccc3)O2)c(=O)n1)OCc1ccccc1. The van der Waals surface area contributed by atoms with Crippen LogP contribution in [0, 0.1) is 0 Å². The van der Waals surface area contributed by atoms with Crippen LogP contribution in [0.5, 0.6) is 0 Å². The van der Waals surface area contributed by atoms with Crippen molar-refractivity contribution in [2.45, 2.75) is 37.6 Å². The van der Waals surface area contributed by atoms with Crippen molar-refractivity contribution in [3.8, 4) is 0 Å². The Morgan fingerprint density at radius 2 is 1.61 bits per heavy atom. The summed E-state index contributed by atoms with van der Waals surface area (Å²) >= 11 is 0. The summed E-state index contributed by atoms with van der Waals surface area (Å²) in [7, 11) is -16.9. The lowest BCUT2D eigenvalue weighted by atomic mass is 10.2. The zero-order valence-electron chi connectivity index (χ0n) is 22.5. The van der Waals surface area contributed by atoms with Gasteiger partial charge in [0.2, 0.25) is 0 Å². The number of aliphatic hydroxyl groups excluding tert-OH is 1. The maximum Gasteiger partial charge on any atom is 0.413 e. The predicted octanol–water partition coefficient (Wildman–Crippen LogP) is 1.38. The summed E-state index contributed by atoms with van der Waals surface area (Å²) in [4.78, 5) is 64.4. The van der Waals surface area contributed by atoms with Crippen molar-refractivity contribution >= 4 is 35.2 Å². The Hall–Kier alpha value is -3.04. The van der Waals surface area contributed by atoms with Crippen LogP contribution in [0.4, 0.5) is 10.6 Å². The molecule has 238 valence electrons. The summed E-state index contributed by atoms with van der Waals surface area (Å²) in [6.45, 7) is -0.984. The smallest absolute Gasteiger partial charge is 0.413 e. The average molecular weight is 672 g/mol. The van der Waals surface area contributed by atoms with Gasteiger partial charge in [-0.05, 0) is 17.2 Å². The quantitative estimate of drug-likeness (QED) is 0.243. The third kappa shape index (κ3) is 10.3. The Morgan fingerprint density at radius 1 is 0.977 bits per heavy atom.